The quantitative estimate of drug-likeness (QED) is 0.0923. The molecule has 0 bridgehead atoms. The minimum Gasteiger partial charge on any atom is -0.464 e. The highest BCUT2D eigenvalue weighted by atomic mass is 32.1. The second kappa shape index (κ2) is 19.6. The molecule has 3 aromatic carbocycles. The number of fused-ring (bicyclic) bond motifs is 5. The van der Waals surface area contributed by atoms with Crippen LogP contribution < -0.4 is 15.4 Å². The Labute approximate surface area is 420 Å². The molecule has 0 saturated carbocycles. The first kappa shape index (κ1) is 48.2. The number of thiophene rings is 1. The fraction of sp³-hybridized carbons (Fsp3) is 0.370. The number of H-pyrrole nitrogens is 2. The van der Waals surface area contributed by atoms with Crippen molar-refractivity contribution in [2.45, 2.75) is 90.7 Å². The molecule has 0 spiro atoms. The first-order chi connectivity index (χ1) is 34.7. The van der Waals surface area contributed by atoms with Gasteiger partial charge in [-0.15, -0.1) is 11.3 Å². The molecule has 3 aliphatic rings. The fourth-order valence-corrected chi connectivity index (χ4v) is 11.4. The van der Waals surface area contributed by atoms with Gasteiger partial charge in [0.25, 0.3) is 0 Å². The number of hydrogen-bond acceptors (Lipinski definition) is 10. The molecule has 4 aromatic heterocycles. The Bertz CT molecular complexity index is 3190. The molecule has 0 radical (unpaired) electrons. The van der Waals surface area contributed by atoms with Gasteiger partial charge in [0.2, 0.25) is 18.0 Å². The van der Waals surface area contributed by atoms with Gasteiger partial charge in [-0.05, 0) is 92.5 Å². The van der Waals surface area contributed by atoms with Gasteiger partial charge in [0.1, 0.15) is 35.3 Å². The molecule has 5 atom stereocenters. The number of benzene rings is 3. The Hall–Kier alpha value is -7.47. The number of halogens is 1. The zero-order valence-electron chi connectivity index (χ0n) is 41.2. The Kier molecular flexibility index (Phi) is 13.1. The molecule has 18 heteroatoms. The highest BCUT2D eigenvalue weighted by Gasteiger charge is 2.40. The SMILES string of the molecule is COC(=O)NC(C(=O)N1CCC[C@H]1c1ncc(-c2cc(F)c3c(c2)OC(c2ccc(-c4ccc(C)cc4)s2)n2c-3cc3cc(-c4cnc([C@@H]5CCCN5C(=O)C(NC(=O)OC)C(C)C)[nH]4)ccc32)[nH]1)C(C)C. The molecule has 4 N–H and O–H groups in total. The Morgan fingerprint density at radius 2 is 1.31 bits per heavy atom. The molecule has 3 unspecified atom stereocenters. The molecule has 4 amide bonds. The van der Waals surface area contributed by atoms with E-state index in [1.807, 2.05) is 52.0 Å². The van der Waals surface area contributed by atoms with Crippen molar-refractivity contribution in [3.8, 4) is 50.0 Å². The van der Waals surface area contributed by atoms with Crippen LogP contribution in [0.5, 0.6) is 5.75 Å². The third kappa shape index (κ3) is 8.96. The van der Waals surface area contributed by atoms with E-state index in [1.165, 1.54) is 25.8 Å². The minimum atomic E-state index is -0.779. The number of aromatic amines is 2. The highest BCUT2D eigenvalue weighted by Crippen LogP contribution is 2.49. The maximum atomic E-state index is 17.1. The number of nitrogens with one attached hydrogen (secondary N) is 4. The number of ether oxygens (including phenoxy) is 3. The molecule has 374 valence electrons. The van der Waals surface area contributed by atoms with Gasteiger partial charge in [-0.3, -0.25) is 14.2 Å². The van der Waals surface area contributed by atoms with Gasteiger partial charge >= 0.3 is 12.2 Å². The van der Waals surface area contributed by atoms with Crippen molar-refractivity contribution in [1.82, 2.24) is 44.9 Å². The zero-order chi connectivity index (χ0) is 50.5. The van der Waals surface area contributed by atoms with Gasteiger partial charge < -0.3 is 44.6 Å². The lowest BCUT2D eigenvalue weighted by Crippen LogP contribution is -2.51. The molecule has 72 heavy (non-hydrogen) atoms. The van der Waals surface area contributed by atoms with E-state index in [2.05, 4.69) is 74.6 Å². The van der Waals surface area contributed by atoms with Gasteiger partial charge in [0.15, 0.2) is 0 Å². The van der Waals surface area contributed by atoms with Crippen molar-refractivity contribution in [3.63, 3.8) is 0 Å². The van der Waals surface area contributed by atoms with Crippen LogP contribution in [-0.4, -0.2) is 97.7 Å². The number of aryl methyl sites for hydroxylation is 1. The van der Waals surface area contributed by atoms with Gasteiger partial charge in [0, 0.05) is 34.5 Å². The van der Waals surface area contributed by atoms with Gasteiger partial charge in [-0.1, -0.05) is 63.6 Å². The van der Waals surface area contributed by atoms with Gasteiger partial charge in [-0.25, -0.2) is 23.9 Å². The van der Waals surface area contributed by atoms with Crippen LogP contribution in [-0.2, 0) is 19.1 Å². The van der Waals surface area contributed by atoms with Crippen molar-refractivity contribution in [2.75, 3.05) is 27.3 Å². The maximum Gasteiger partial charge on any atom is 0.407 e. The van der Waals surface area contributed by atoms with Crippen LogP contribution in [0.2, 0.25) is 0 Å². The number of alkyl carbamates (subject to hydrolysis) is 2. The third-order valence-electron chi connectivity index (χ3n) is 14.1. The number of nitrogens with zero attached hydrogens (tertiary/aromatic N) is 5. The maximum absolute atomic E-state index is 17.1. The average molecular weight is 996 g/mol. The molecule has 16 nitrogen and oxygen atoms in total. The predicted molar refractivity (Wildman–Crippen MR) is 271 cm³/mol. The largest absolute Gasteiger partial charge is 0.464 e. The number of carbonyl (C=O) groups is 4. The summed E-state index contributed by atoms with van der Waals surface area (Å²) in [5, 5.41) is 6.26. The smallest absolute Gasteiger partial charge is 0.407 e. The van der Waals surface area contributed by atoms with Crippen LogP contribution in [0.1, 0.15) is 93.8 Å². The minimum absolute atomic E-state index is 0.159. The van der Waals surface area contributed by atoms with E-state index >= 15 is 4.39 Å². The number of imidazole rings is 2. The molecule has 3 aliphatic heterocycles. The van der Waals surface area contributed by atoms with E-state index in [-0.39, 0.29) is 35.7 Å². The summed E-state index contributed by atoms with van der Waals surface area (Å²) in [5.41, 5.74) is 6.79. The summed E-state index contributed by atoms with van der Waals surface area (Å²) in [7, 11) is 2.55. The summed E-state index contributed by atoms with van der Waals surface area (Å²) in [6, 6.07) is 21.8. The number of methoxy groups -OCH3 is 2. The number of rotatable bonds is 12. The molecule has 7 heterocycles. The average Bonchev–Trinajstić information content (AvgIpc) is 4.24. The standard InChI is InChI=1S/C54H58FN9O7S/c1-28(2)46(60-53(67)69-6)50(65)62-20-8-10-39(62)48-56-26-36(58-48)32-16-17-38-34(22-32)24-41-45-35(55)23-33(25-42(45)71-52(64(38)41)44-19-18-43(72-44)31-14-12-30(5)13-15-31)37-27-57-49(59-37)40-11-9-21-63(40)51(66)47(29(3)4)61-54(68)70-7/h12-19,22-29,39-40,46-47,52H,8-11,20-21H2,1-7H3,(H,56,58)(H,57,59)(H,60,67)(H,61,68)/t39-,40-,46?,47?,52?/m0/s1. The normalized spacial score (nSPS) is 18.2. The number of aromatic nitrogens is 5. The summed E-state index contributed by atoms with van der Waals surface area (Å²) < 4.78 is 35.7. The topological polar surface area (TPSA) is 189 Å². The fourth-order valence-electron chi connectivity index (χ4n) is 10.3. The van der Waals surface area contributed by atoms with Gasteiger partial charge in [-0.2, -0.15) is 0 Å². The summed E-state index contributed by atoms with van der Waals surface area (Å²) >= 11 is 1.62. The Morgan fingerprint density at radius 1 is 0.736 bits per heavy atom. The van der Waals surface area contributed by atoms with E-state index < -0.39 is 36.3 Å². The summed E-state index contributed by atoms with van der Waals surface area (Å²) in [4.78, 5) is 74.0. The molecule has 7 aromatic rings. The first-order valence-corrected chi connectivity index (χ1v) is 25.3. The predicted octanol–water partition coefficient (Wildman–Crippen LogP) is 10.3. The summed E-state index contributed by atoms with van der Waals surface area (Å²) in [5.74, 6) is 0.367. The van der Waals surface area contributed by atoms with E-state index in [1.54, 1.807) is 33.5 Å². The van der Waals surface area contributed by atoms with Crippen LogP contribution in [0, 0.1) is 24.6 Å². The van der Waals surface area contributed by atoms with E-state index in [0.29, 0.717) is 65.8 Å². The van der Waals surface area contributed by atoms with Crippen LogP contribution in [0.25, 0.3) is 55.1 Å². The molecule has 2 fully saturated rings. The first-order valence-electron chi connectivity index (χ1n) is 24.4. The zero-order valence-corrected chi connectivity index (χ0v) is 42.1. The monoisotopic (exact) mass is 995 g/mol. The third-order valence-corrected chi connectivity index (χ3v) is 15.3. The Balaban J connectivity index is 0.987. The van der Waals surface area contributed by atoms with Crippen molar-refractivity contribution in [2.24, 2.45) is 11.8 Å². The second-order valence-corrected chi connectivity index (χ2v) is 20.6. The molecule has 0 aliphatic carbocycles. The molecular formula is C54H58FN9O7S. The Morgan fingerprint density at radius 3 is 1.88 bits per heavy atom. The summed E-state index contributed by atoms with van der Waals surface area (Å²) in [6.45, 7) is 10.6. The number of amides is 4. The van der Waals surface area contributed by atoms with E-state index in [4.69, 9.17) is 24.2 Å². The van der Waals surface area contributed by atoms with Crippen LogP contribution in [0.4, 0.5) is 14.0 Å². The summed E-state index contributed by atoms with van der Waals surface area (Å²) in [6.07, 6.45) is 4.38. The lowest BCUT2D eigenvalue weighted by Gasteiger charge is -2.30. The second-order valence-electron chi connectivity index (χ2n) is 19.5. The van der Waals surface area contributed by atoms with E-state index in [9.17, 15) is 19.2 Å². The van der Waals surface area contributed by atoms with Gasteiger partial charge in [0.05, 0.1) is 71.7 Å². The number of hydrogen-bond donors (Lipinski definition) is 4. The lowest BCUT2D eigenvalue weighted by molar-refractivity contribution is -0.136. The van der Waals surface area contributed by atoms with E-state index in [0.717, 1.165) is 50.3 Å². The van der Waals surface area contributed by atoms with Crippen LogP contribution >= 0.6 is 11.3 Å². The number of likely N-dealkylation sites (tertiary alicyclic amines) is 2. The van der Waals surface area contributed by atoms with Crippen molar-refractivity contribution in [1.29, 1.82) is 0 Å². The van der Waals surface area contributed by atoms with Crippen molar-refractivity contribution in [3.05, 3.63) is 113 Å². The highest BCUT2D eigenvalue weighted by molar-refractivity contribution is 7.15. The molecule has 2 saturated heterocycles. The number of carbonyl (C=O) groups excluding carboxylic acids is 4. The lowest BCUT2D eigenvalue weighted by atomic mass is 10.0. The molecular weight excluding hydrogens is 938 g/mol. The molecule has 10 rings (SSSR count). The van der Waals surface area contributed by atoms with Crippen LogP contribution in [0.3, 0.4) is 0 Å². The van der Waals surface area contributed by atoms with Crippen molar-refractivity contribution < 1.29 is 37.8 Å². The van der Waals surface area contributed by atoms with Crippen LogP contribution in [0.15, 0.2) is 85.2 Å². The van der Waals surface area contributed by atoms with Crippen molar-refractivity contribution >= 4 is 46.2 Å².